The van der Waals surface area contributed by atoms with Crippen LogP contribution >= 0.6 is 7.82 Å². The lowest BCUT2D eigenvalue weighted by Crippen LogP contribution is -2.45. The predicted molar refractivity (Wildman–Crippen MR) is 332 cm³/mol. The number of carbonyl (C=O) groups excluding carboxylic acids is 1. The summed E-state index contributed by atoms with van der Waals surface area (Å²) in [7, 11) is 1.56. The summed E-state index contributed by atoms with van der Waals surface area (Å²) in [4.78, 5) is 23.4. The Bertz CT molecular complexity index is 1380. The maximum atomic E-state index is 13.0. The number of aliphatic hydroxyl groups is 1. The van der Waals surface area contributed by atoms with Crippen molar-refractivity contribution in [3.05, 3.63) is 48.6 Å². The van der Waals surface area contributed by atoms with Crippen LogP contribution in [0.15, 0.2) is 48.6 Å². The van der Waals surface area contributed by atoms with Crippen LogP contribution in [0.3, 0.4) is 0 Å². The second-order valence-corrected chi connectivity index (χ2v) is 25.3. The largest absolute Gasteiger partial charge is 0.472 e. The number of aliphatic hydroxyl groups excluding tert-OH is 1. The van der Waals surface area contributed by atoms with Gasteiger partial charge in [-0.25, -0.2) is 4.57 Å². The molecule has 76 heavy (non-hydrogen) atoms. The molecule has 3 N–H and O–H groups in total. The highest BCUT2D eigenvalue weighted by Gasteiger charge is 2.28. The van der Waals surface area contributed by atoms with Crippen LogP contribution in [0.1, 0.15) is 322 Å². The van der Waals surface area contributed by atoms with Gasteiger partial charge in [-0.15, -0.1) is 0 Å². The number of hydrogen-bond donors (Lipinski definition) is 3. The highest BCUT2D eigenvalue weighted by atomic mass is 31.2. The van der Waals surface area contributed by atoms with Crippen molar-refractivity contribution in [3.63, 3.8) is 0 Å². The van der Waals surface area contributed by atoms with Crippen LogP contribution in [0.4, 0.5) is 0 Å². The summed E-state index contributed by atoms with van der Waals surface area (Å²) in [6.07, 6.45) is 78.2. The molecule has 0 aliphatic heterocycles. The number of likely N-dealkylation sites (N-methyl/N-ethyl adjacent to an activating group) is 1. The zero-order valence-electron chi connectivity index (χ0n) is 51.3. The van der Waals surface area contributed by atoms with Crippen LogP contribution in [0.2, 0.25) is 0 Å². The maximum Gasteiger partial charge on any atom is 0.472 e. The maximum absolute atomic E-state index is 13.0. The first-order valence-corrected chi connectivity index (χ1v) is 34.5. The van der Waals surface area contributed by atoms with Gasteiger partial charge in [-0.1, -0.05) is 294 Å². The van der Waals surface area contributed by atoms with Crippen molar-refractivity contribution in [2.45, 2.75) is 334 Å². The van der Waals surface area contributed by atoms with Crippen LogP contribution < -0.4 is 5.32 Å². The van der Waals surface area contributed by atoms with Crippen LogP contribution in [0.5, 0.6) is 0 Å². The van der Waals surface area contributed by atoms with Crippen molar-refractivity contribution >= 4 is 13.7 Å². The van der Waals surface area contributed by atoms with Crippen molar-refractivity contribution in [2.75, 3.05) is 40.9 Å². The molecule has 0 rings (SSSR count). The van der Waals surface area contributed by atoms with Gasteiger partial charge in [0.05, 0.1) is 39.9 Å². The molecule has 8 nitrogen and oxygen atoms in total. The standard InChI is InChI=1S/C67H129N2O6P/c1-6-8-10-12-14-16-18-20-22-24-26-28-30-31-32-33-34-35-36-37-39-41-43-45-47-49-51-53-55-57-59-61-67(71)68-65(64-75-76(72,73)74-63-62-69(3,4)5)66(70)60-58-56-54-52-50-48-46-44-42-40-38-29-27-25-23-21-19-17-15-13-11-9-7-2/h24,26,42,44,50,52,58,60,65-66,70H,6-23,25,27-41,43,45-49,51,53-57,59,61-64H2,1-5H3,(H-,68,71,72,73)/p+1/b26-24-,44-42+,52-50+,60-58+. The second kappa shape index (κ2) is 58.1. The highest BCUT2D eigenvalue weighted by molar-refractivity contribution is 7.47. The minimum absolute atomic E-state index is 0.0543. The molecule has 0 aliphatic carbocycles. The molecular formula is C67H130N2O6P+. The quantitative estimate of drug-likeness (QED) is 0.0243. The van der Waals surface area contributed by atoms with E-state index in [4.69, 9.17) is 9.05 Å². The number of carbonyl (C=O) groups is 1. The van der Waals surface area contributed by atoms with E-state index in [1.165, 1.54) is 257 Å². The average molecular weight is 1090 g/mol. The molecular weight excluding hydrogens is 960 g/mol. The first kappa shape index (κ1) is 74.5. The van der Waals surface area contributed by atoms with Crippen molar-refractivity contribution in [1.82, 2.24) is 5.32 Å². The van der Waals surface area contributed by atoms with Gasteiger partial charge in [0.25, 0.3) is 0 Å². The van der Waals surface area contributed by atoms with Crippen LogP contribution in [0, 0.1) is 0 Å². The zero-order chi connectivity index (χ0) is 55.6. The molecule has 0 spiro atoms. The summed E-state index contributed by atoms with van der Waals surface area (Å²) >= 11 is 0. The van der Waals surface area contributed by atoms with E-state index in [1.807, 2.05) is 27.2 Å². The third kappa shape index (κ3) is 60.1. The molecule has 0 aromatic rings. The molecule has 0 aromatic heterocycles. The lowest BCUT2D eigenvalue weighted by molar-refractivity contribution is -0.870. The second-order valence-electron chi connectivity index (χ2n) is 23.8. The summed E-state index contributed by atoms with van der Waals surface area (Å²) in [5, 5.41) is 14.0. The van der Waals surface area contributed by atoms with E-state index in [9.17, 15) is 19.4 Å². The fourth-order valence-corrected chi connectivity index (χ4v) is 10.6. The van der Waals surface area contributed by atoms with Crippen LogP contribution in [-0.2, 0) is 18.4 Å². The molecule has 0 bridgehead atoms. The number of hydrogen-bond acceptors (Lipinski definition) is 5. The van der Waals surface area contributed by atoms with Gasteiger partial charge in [0.1, 0.15) is 13.2 Å². The average Bonchev–Trinajstić information content (AvgIpc) is 3.38. The summed E-state index contributed by atoms with van der Waals surface area (Å²) in [5.74, 6) is -0.186. The van der Waals surface area contributed by atoms with E-state index in [0.717, 1.165) is 44.9 Å². The van der Waals surface area contributed by atoms with Crippen molar-refractivity contribution < 1.29 is 32.9 Å². The van der Waals surface area contributed by atoms with Gasteiger partial charge in [-0.2, -0.15) is 0 Å². The molecule has 0 radical (unpaired) electrons. The summed E-state index contributed by atoms with van der Waals surface area (Å²) in [5.41, 5.74) is 0. The fourth-order valence-electron chi connectivity index (χ4n) is 9.84. The van der Waals surface area contributed by atoms with E-state index in [2.05, 4.69) is 55.6 Å². The Kier molecular flexibility index (Phi) is 56.9. The first-order chi connectivity index (χ1) is 37.0. The number of amides is 1. The Balaban J connectivity index is 4.12. The third-order valence-electron chi connectivity index (χ3n) is 15.0. The number of nitrogens with zero attached hydrogens (tertiary/aromatic N) is 1. The monoisotopic (exact) mass is 1090 g/mol. The lowest BCUT2D eigenvalue weighted by atomic mass is 10.0. The molecule has 0 saturated carbocycles. The van der Waals surface area contributed by atoms with Gasteiger partial charge in [-0.05, 0) is 70.6 Å². The van der Waals surface area contributed by atoms with E-state index < -0.39 is 20.0 Å². The number of phosphoric ester groups is 1. The summed E-state index contributed by atoms with van der Waals surface area (Å²) < 4.78 is 23.8. The number of phosphoric acid groups is 1. The van der Waals surface area contributed by atoms with E-state index in [1.54, 1.807) is 6.08 Å². The number of unbranched alkanes of at least 4 members (excludes halogenated alkanes) is 42. The number of allylic oxidation sites excluding steroid dienone is 7. The molecule has 1 amide bonds. The number of nitrogens with one attached hydrogen (secondary N) is 1. The smallest absolute Gasteiger partial charge is 0.387 e. The molecule has 0 aromatic carbocycles. The molecule has 3 unspecified atom stereocenters. The predicted octanol–water partition coefficient (Wildman–Crippen LogP) is 20.7. The molecule has 448 valence electrons. The Hall–Kier alpha value is -1.54. The van der Waals surface area contributed by atoms with Gasteiger partial charge in [-0.3, -0.25) is 13.8 Å². The van der Waals surface area contributed by atoms with Gasteiger partial charge in [0.2, 0.25) is 5.91 Å². The van der Waals surface area contributed by atoms with Crippen LogP contribution in [0.25, 0.3) is 0 Å². The first-order valence-electron chi connectivity index (χ1n) is 33.0. The summed E-state index contributed by atoms with van der Waals surface area (Å²) in [6.45, 7) is 4.83. The Labute approximate surface area is 473 Å². The molecule has 0 heterocycles. The number of quaternary nitrogens is 1. The SMILES string of the molecule is CCCCCCCCCC/C=C\CCCCCCCCCCCCCCCCCCCCCC(=O)NC(COP(=O)(O)OCC[N+](C)(C)C)C(O)/C=C/CC/C=C/CC/C=C/CCCCCCCCCCCCCCC. The van der Waals surface area contributed by atoms with Gasteiger partial charge in [0.15, 0.2) is 0 Å². The Morgan fingerprint density at radius 2 is 0.724 bits per heavy atom. The van der Waals surface area contributed by atoms with E-state index >= 15 is 0 Å². The Morgan fingerprint density at radius 3 is 1.05 bits per heavy atom. The number of rotatable bonds is 61. The minimum atomic E-state index is -4.36. The third-order valence-corrected chi connectivity index (χ3v) is 16.0. The van der Waals surface area contributed by atoms with Gasteiger partial charge in [0, 0.05) is 6.42 Å². The molecule has 9 heteroatoms. The van der Waals surface area contributed by atoms with Gasteiger partial charge < -0.3 is 19.8 Å². The Morgan fingerprint density at radius 1 is 0.434 bits per heavy atom. The zero-order valence-corrected chi connectivity index (χ0v) is 52.2. The van der Waals surface area contributed by atoms with E-state index in [-0.39, 0.29) is 19.1 Å². The molecule has 0 aliphatic rings. The normalized spacial score (nSPS) is 14.0. The van der Waals surface area contributed by atoms with Gasteiger partial charge >= 0.3 is 7.82 Å². The lowest BCUT2D eigenvalue weighted by Gasteiger charge is -2.25. The van der Waals surface area contributed by atoms with Crippen LogP contribution in [-0.4, -0.2) is 73.4 Å². The van der Waals surface area contributed by atoms with Crippen molar-refractivity contribution in [1.29, 1.82) is 0 Å². The fraction of sp³-hybridized carbons (Fsp3) is 0.866. The van der Waals surface area contributed by atoms with E-state index in [0.29, 0.717) is 17.4 Å². The van der Waals surface area contributed by atoms with Crippen molar-refractivity contribution in [2.24, 2.45) is 0 Å². The van der Waals surface area contributed by atoms with Crippen molar-refractivity contribution in [3.8, 4) is 0 Å². The molecule has 3 atom stereocenters. The summed E-state index contributed by atoms with van der Waals surface area (Å²) in [6, 6.07) is -0.870. The molecule has 0 saturated heterocycles. The minimum Gasteiger partial charge on any atom is -0.387 e. The molecule has 0 fully saturated rings. The highest BCUT2D eigenvalue weighted by Crippen LogP contribution is 2.43. The topological polar surface area (TPSA) is 105 Å².